The molecule has 0 amide bonds. The Balaban J connectivity index is 1.46. The van der Waals surface area contributed by atoms with Crippen molar-refractivity contribution in [2.24, 2.45) is 0 Å². The van der Waals surface area contributed by atoms with Crippen LogP contribution in [0.5, 0.6) is 11.5 Å². The third-order valence-corrected chi connectivity index (χ3v) is 7.11. The minimum atomic E-state index is -0.115. The molecule has 0 bridgehead atoms. The van der Waals surface area contributed by atoms with Gasteiger partial charge in [-0.3, -0.25) is 0 Å². The van der Waals surface area contributed by atoms with E-state index in [1.54, 1.807) is 0 Å². The second kappa shape index (κ2) is 6.49. The van der Waals surface area contributed by atoms with Crippen LogP contribution >= 0.6 is 0 Å². The van der Waals surface area contributed by atoms with Crippen LogP contribution in [0, 0.1) is 0 Å². The van der Waals surface area contributed by atoms with Crippen LogP contribution in [0.3, 0.4) is 0 Å². The quantitative estimate of drug-likeness (QED) is 0.262. The molecule has 0 spiro atoms. The first kappa shape index (κ1) is 18.5. The molecule has 0 saturated heterocycles. The smallest absolute Gasteiger partial charge is 0.136 e. The van der Waals surface area contributed by atoms with Gasteiger partial charge in [-0.15, -0.1) is 0 Å². The second-order valence-electron chi connectivity index (χ2n) is 9.41. The minimum absolute atomic E-state index is 0.115. The SMILES string of the molecule is CC1(C)c2ccccc2Oc2cc(-c3cccc4oc5cc6ccccc6cc5c34)ccc21. The lowest BCUT2D eigenvalue weighted by Crippen LogP contribution is -2.24. The highest BCUT2D eigenvalue weighted by Gasteiger charge is 2.34. The number of rotatable bonds is 1. The molecule has 0 unspecified atom stereocenters. The Morgan fingerprint density at radius 2 is 1.36 bits per heavy atom. The number of hydrogen-bond donors (Lipinski definition) is 0. The first-order valence-electron chi connectivity index (χ1n) is 11.4. The molecule has 33 heavy (non-hydrogen) atoms. The highest BCUT2D eigenvalue weighted by atomic mass is 16.5. The zero-order valence-corrected chi connectivity index (χ0v) is 18.6. The van der Waals surface area contributed by atoms with Crippen molar-refractivity contribution in [2.45, 2.75) is 19.3 Å². The number of furan rings is 1. The molecule has 0 atom stereocenters. The largest absolute Gasteiger partial charge is 0.457 e. The summed E-state index contributed by atoms with van der Waals surface area (Å²) in [5.41, 5.74) is 6.42. The van der Waals surface area contributed by atoms with Gasteiger partial charge in [0.1, 0.15) is 22.7 Å². The molecule has 2 nitrogen and oxygen atoms in total. The van der Waals surface area contributed by atoms with Gasteiger partial charge < -0.3 is 9.15 Å². The summed E-state index contributed by atoms with van der Waals surface area (Å²) in [6, 6.07) is 34.1. The molecule has 2 heteroatoms. The zero-order valence-electron chi connectivity index (χ0n) is 18.6. The number of hydrogen-bond acceptors (Lipinski definition) is 2. The number of fused-ring (bicyclic) bond motifs is 6. The highest BCUT2D eigenvalue weighted by Crippen LogP contribution is 2.49. The summed E-state index contributed by atoms with van der Waals surface area (Å²) >= 11 is 0. The van der Waals surface area contributed by atoms with E-state index in [2.05, 4.69) is 105 Å². The van der Waals surface area contributed by atoms with Gasteiger partial charge in [0.2, 0.25) is 0 Å². The summed E-state index contributed by atoms with van der Waals surface area (Å²) in [7, 11) is 0. The van der Waals surface area contributed by atoms with Crippen LogP contribution in [0.1, 0.15) is 25.0 Å². The molecule has 0 radical (unpaired) electrons. The third-order valence-electron chi connectivity index (χ3n) is 7.11. The van der Waals surface area contributed by atoms with Gasteiger partial charge in [0.05, 0.1) is 0 Å². The third kappa shape index (κ3) is 2.61. The van der Waals surface area contributed by atoms with Crippen molar-refractivity contribution in [3.63, 3.8) is 0 Å². The Bertz CT molecular complexity index is 1720. The Hall–Kier alpha value is -4.04. The Morgan fingerprint density at radius 3 is 2.24 bits per heavy atom. The molecule has 0 N–H and O–H groups in total. The summed E-state index contributed by atoms with van der Waals surface area (Å²) in [5, 5.41) is 4.70. The van der Waals surface area contributed by atoms with Gasteiger partial charge in [-0.05, 0) is 52.2 Å². The lowest BCUT2D eigenvalue weighted by Gasteiger charge is -2.34. The monoisotopic (exact) mass is 426 g/mol. The zero-order chi connectivity index (χ0) is 22.2. The summed E-state index contributed by atoms with van der Waals surface area (Å²) < 4.78 is 12.7. The Morgan fingerprint density at radius 1 is 0.606 bits per heavy atom. The van der Waals surface area contributed by atoms with Crippen molar-refractivity contribution in [3.8, 4) is 22.6 Å². The van der Waals surface area contributed by atoms with Gasteiger partial charge in [-0.1, -0.05) is 80.6 Å². The van der Waals surface area contributed by atoms with E-state index in [-0.39, 0.29) is 5.41 Å². The van der Waals surface area contributed by atoms with E-state index in [9.17, 15) is 0 Å². The first-order valence-corrected chi connectivity index (χ1v) is 11.4. The summed E-state index contributed by atoms with van der Waals surface area (Å²) in [6.45, 7) is 4.53. The van der Waals surface area contributed by atoms with Gasteiger partial charge in [0, 0.05) is 27.3 Å². The summed E-state index contributed by atoms with van der Waals surface area (Å²) in [6.07, 6.45) is 0. The molecule has 0 fully saturated rings. The maximum Gasteiger partial charge on any atom is 0.136 e. The van der Waals surface area contributed by atoms with Crippen LogP contribution in [-0.4, -0.2) is 0 Å². The standard InChI is InChI=1S/C31H22O2/c1-31(2)24-11-5-6-12-26(24)32-29-18-21(14-15-25(29)31)22-10-7-13-27-30(22)23-16-19-8-3-4-9-20(19)17-28(23)33-27/h3-18H,1-2H3. The van der Waals surface area contributed by atoms with Gasteiger partial charge >= 0.3 is 0 Å². The molecule has 0 aliphatic carbocycles. The molecular weight excluding hydrogens is 404 g/mol. The predicted octanol–water partition coefficient (Wildman–Crippen LogP) is 8.84. The Kier molecular flexibility index (Phi) is 3.64. The molecule has 158 valence electrons. The maximum absolute atomic E-state index is 6.39. The van der Waals surface area contributed by atoms with Crippen molar-refractivity contribution in [3.05, 3.63) is 108 Å². The minimum Gasteiger partial charge on any atom is -0.457 e. The summed E-state index contributed by atoms with van der Waals surface area (Å²) in [4.78, 5) is 0. The Labute approximate surface area is 192 Å². The fraction of sp³-hybridized carbons (Fsp3) is 0.0968. The van der Waals surface area contributed by atoms with E-state index in [1.807, 2.05) is 6.07 Å². The van der Waals surface area contributed by atoms with Crippen molar-refractivity contribution >= 4 is 32.7 Å². The fourth-order valence-electron chi connectivity index (χ4n) is 5.38. The van der Waals surface area contributed by atoms with Crippen LogP contribution < -0.4 is 4.74 Å². The maximum atomic E-state index is 6.39. The van der Waals surface area contributed by atoms with Crippen LogP contribution in [0.4, 0.5) is 0 Å². The average Bonchev–Trinajstić information content (AvgIpc) is 3.20. The molecule has 1 aliphatic heterocycles. The molecular formula is C31H22O2. The molecule has 2 heterocycles. The number of ether oxygens (including phenoxy) is 1. The molecule has 1 aliphatic rings. The van der Waals surface area contributed by atoms with Crippen molar-refractivity contribution < 1.29 is 9.15 Å². The van der Waals surface area contributed by atoms with Gasteiger partial charge in [-0.2, -0.15) is 0 Å². The molecule has 1 aromatic heterocycles. The van der Waals surface area contributed by atoms with Crippen molar-refractivity contribution in [1.29, 1.82) is 0 Å². The fourth-order valence-corrected chi connectivity index (χ4v) is 5.38. The van der Waals surface area contributed by atoms with Crippen molar-refractivity contribution in [2.75, 3.05) is 0 Å². The van der Waals surface area contributed by atoms with Crippen molar-refractivity contribution in [1.82, 2.24) is 0 Å². The van der Waals surface area contributed by atoms with Crippen LogP contribution in [-0.2, 0) is 5.41 Å². The van der Waals surface area contributed by atoms with Gasteiger partial charge in [-0.25, -0.2) is 0 Å². The van der Waals surface area contributed by atoms with E-state index >= 15 is 0 Å². The van der Waals surface area contributed by atoms with E-state index in [1.165, 1.54) is 21.9 Å². The van der Waals surface area contributed by atoms with E-state index in [0.29, 0.717) is 0 Å². The normalized spacial score (nSPS) is 14.2. The lowest BCUT2D eigenvalue weighted by atomic mass is 9.75. The molecule has 6 aromatic rings. The molecule has 5 aromatic carbocycles. The van der Waals surface area contributed by atoms with E-state index in [0.717, 1.165) is 44.6 Å². The van der Waals surface area contributed by atoms with Crippen LogP contribution in [0.25, 0.3) is 43.8 Å². The summed E-state index contributed by atoms with van der Waals surface area (Å²) in [5.74, 6) is 1.86. The first-order chi connectivity index (χ1) is 16.1. The predicted molar refractivity (Wildman–Crippen MR) is 135 cm³/mol. The number of para-hydroxylation sites is 1. The second-order valence-corrected chi connectivity index (χ2v) is 9.41. The number of benzene rings is 5. The van der Waals surface area contributed by atoms with Crippen LogP contribution in [0.2, 0.25) is 0 Å². The highest BCUT2D eigenvalue weighted by molar-refractivity contribution is 6.15. The van der Waals surface area contributed by atoms with Gasteiger partial charge in [0.25, 0.3) is 0 Å². The van der Waals surface area contributed by atoms with Crippen LogP contribution in [0.15, 0.2) is 101 Å². The topological polar surface area (TPSA) is 22.4 Å². The lowest BCUT2D eigenvalue weighted by molar-refractivity contribution is 0.418. The molecule has 0 saturated carbocycles. The molecule has 7 rings (SSSR count). The average molecular weight is 427 g/mol. The van der Waals surface area contributed by atoms with Gasteiger partial charge in [0.15, 0.2) is 0 Å². The van der Waals surface area contributed by atoms with E-state index in [4.69, 9.17) is 9.15 Å². The van der Waals surface area contributed by atoms with E-state index < -0.39 is 0 Å².